The van der Waals surface area contributed by atoms with E-state index < -0.39 is 0 Å². The molecule has 1 amide bonds. The van der Waals surface area contributed by atoms with Crippen molar-refractivity contribution in [3.05, 3.63) is 23.8 Å². The van der Waals surface area contributed by atoms with E-state index in [0.717, 1.165) is 47.7 Å². The molecule has 0 N–H and O–H groups in total. The van der Waals surface area contributed by atoms with Crippen LogP contribution in [0.2, 0.25) is 0 Å². The van der Waals surface area contributed by atoms with Crippen LogP contribution in [-0.4, -0.2) is 61.1 Å². The largest absolute Gasteiger partial charge is 0.454 e. The van der Waals surface area contributed by atoms with Crippen molar-refractivity contribution in [1.29, 1.82) is 0 Å². The van der Waals surface area contributed by atoms with E-state index in [9.17, 15) is 4.79 Å². The van der Waals surface area contributed by atoms with Crippen LogP contribution in [-0.2, 0) is 4.79 Å². The first-order valence-electron chi connectivity index (χ1n) is 8.20. The lowest BCUT2D eigenvalue weighted by molar-refractivity contribution is -0.905. The normalized spacial score (nSPS) is 20.4. The molecule has 1 fully saturated rings. The van der Waals surface area contributed by atoms with Crippen LogP contribution in [0.1, 0.15) is 24.8 Å². The second-order valence-electron chi connectivity index (χ2n) is 6.34. The molecule has 1 unspecified atom stereocenters. The molecule has 1 saturated heterocycles. The van der Waals surface area contributed by atoms with Gasteiger partial charge in [0, 0.05) is 0 Å². The van der Waals surface area contributed by atoms with Gasteiger partial charge in [0.15, 0.2) is 11.5 Å². The summed E-state index contributed by atoms with van der Waals surface area (Å²) < 4.78 is 11.8. The number of benzene rings is 1. The van der Waals surface area contributed by atoms with Gasteiger partial charge in [0.1, 0.15) is 5.37 Å². The Morgan fingerprint density at radius 3 is 2.74 bits per heavy atom. The maximum atomic E-state index is 12.3. The third kappa shape index (κ3) is 3.28. The summed E-state index contributed by atoms with van der Waals surface area (Å²) in [6, 6.07) is 6.00. The Bertz CT molecular complexity index is 589. The molecule has 0 aromatic heterocycles. The van der Waals surface area contributed by atoms with Crippen LogP contribution < -0.4 is 9.47 Å². The van der Waals surface area contributed by atoms with Crippen LogP contribution in [0.5, 0.6) is 11.5 Å². The van der Waals surface area contributed by atoms with Crippen LogP contribution in [0, 0.1) is 0 Å². The number of carbonyl (C=O) groups excluding carboxylic acids is 1. The van der Waals surface area contributed by atoms with Gasteiger partial charge in [0.25, 0.3) is 0 Å². The first kappa shape index (κ1) is 16.5. The fraction of sp³-hybridized carbons (Fsp3) is 0.588. The number of amides is 1. The number of hydrogen-bond acceptors (Lipinski definition) is 4. The Morgan fingerprint density at radius 1 is 1.26 bits per heavy atom. The first-order valence-corrected chi connectivity index (χ1v) is 9.25. The minimum atomic E-state index is 0.0826. The van der Waals surface area contributed by atoms with E-state index in [-0.39, 0.29) is 18.1 Å². The van der Waals surface area contributed by atoms with Gasteiger partial charge in [0.05, 0.1) is 39.0 Å². The molecule has 23 heavy (non-hydrogen) atoms. The zero-order chi connectivity index (χ0) is 16.4. The highest BCUT2D eigenvalue weighted by Gasteiger charge is 2.35. The third-order valence-electron chi connectivity index (χ3n) is 5.06. The zero-order valence-corrected chi connectivity index (χ0v) is 14.9. The van der Waals surface area contributed by atoms with Gasteiger partial charge < -0.3 is 18.9 Å². The number of ether oxygens (including phenoxy) is 2. The average molecular weight is 337 g/mol. The molecule has 1 aromatic rings. The van der Waals surface area contributed by atoms with Crippen LogP contribution in [0.25, 0.3) is 0 Å². The summed E-state index contributed by atoms with van der Waals surface area (Å²) in [4.78, 5) is 14.3. The Labute approximate surface area is 142 Å². The molecule has 0 radical (unpaired) electrons. The van der Waals surface area contributed by atoms with Gasteiger partial charge in [-0.05, 0) is 31.5 Å². The summed E-state index contributed by atoms with van der Waals surface area (Å²) in [5, 5.41) is 0.0826. The molecule has 0 bridgehead atoms. The van der Waals surface area contributed by atoms with Gasteiger partial charge in [0.2, 0.25) is 12.7 Å². The minimum Gasteiger partial charge on any atom is -0.454 e. The molecule has 1 aromatic carbocycles. The Balaban J connectivity index is 1.75. The van der Waals surface area contributed by atoms with E-state index in [1.54, 1.807) is 11.8 Å². The zero-order valence-electron chi connectivity index (χ0n) is 14.1. The van der Waals surface area contributed by atoms with Crippen molar-refractivity contribution in [1.82, 2.24) is 4.90 Å². The van der Waals surface area contributed by atoms with Crippen molar-refractivity contribution in [3.8, 4) is 11.5 Å². The Morgan fingerprint density at radius 2 is 2.00 bits per heavy atom. The Hall–Kier alpha value is -1.40. The number of fused-ring (bicyclic) bond motifs is 1. The van der Waals surface area contributed by atoms with Crippen molar-refractivity contribution in [3.63, 3.8) is 0 Å². The van der Waals surface area contributed by atoms with E-state index in [1.807, 2.05) is 23.1 Å². The first-order chi connectivity index (χ1) is 11.1. The van der Waals surface area contributed by atoms with E-state index >= 15 is 0 Å². The van der Waals surface area contributed by atoms with Gasteiger partial charge in [-0.2, -0.15) is 0 Å². The quantitative estimate of drug-likeness (QED) is 0.748. The summed E-state index contributed by atoms with van der Waals surface area (Å²) in [6.07, 6.45) is 0. The fourth-order valence-corrected chi connectivity index (χ4v) is 4.14. The lowest BCUT2D eigenvalue weighted by atomic mass is 10.2. The molecule has 0 aliphatic carbocycles. The number of likely N-dealkylation sites (N-methyl/N-ethyl adjacent to an activating group) is 1. The summed E-state index contributed by atoms with van der Waals surface area (Å²) in [7, 11) is 2.25. The molecule has 1 atom stereocenters. The number of nitrogens with zero attached hydrogens (tertiary/aromatic N) is 2. The number of carbonyl (C=O) groups is 1. The lowest BCUT2D eigenvalue weighted by Crippen LogP contribution is -2.48. The van der Waals surface area contributed by atoms with Gasteiger partial charge in [-0.3, -0.25) is 4.79 Å². The topological polar surface area (TPSA) is 38.8 Å². The SMILES string of the molecule is CC[N+](C)(CC)CCN1C(=O)CSC1c1ccc2c(c1)OCO2. The van der Waals surface area contributed by atoms with Crippen molar-refractivity contribution >= 4 is 17.7 Å². The van der Waals surface area contributed by atoms with E-state index in [2.05, 4.69) is 20.9 Å². The maximum absolute atomic E-state index is 12.3. The molecule has 2 aliphatic rings. The highest BCUT2D eigenvalue weighted by atomic mass is 32.2. The monoisotopic (exact) mass is 337 g/mol. The Kier molecular flexibility index (Phi) is 4.73. The molecular formula is C17H25N2O3S+. The molecule has 126 valence electrons. The standard InChI is InChI=1S/C17H25N2O3S/c1-4-19(3,5-2)9-8-18-16(20)11-23-17(18)13-6-7-14-15(10-13)22-12-21-14/h6-7,10,17H,4-5,8-9,11-12H2,1-3H3/q+1. The van der Waals surface area contributed by atoms with Crippen molar-refractivity contribution in [2.45, 2.75) is 19.2 Å². The lowest BCUT2D eigenvalue weighted by Gasteiger charge is -2.35. The van der Waals surface area contributed by atoms with E-state index in [4.69, 9.17) is 9.47 Å². The smallest absolute Gasteiger partial charge is 0.234 e. The molecular weight excluding hydrogens is 312 g/mol. The van der Waals surface area contributed by atoms with E-state index in [1.165, 1.54) is 0 Å². The molecule has 2 heterocycles. The average Bonchev–Trinajstić information content (AvgIpc) is 3.18. The second-order valence-corrected chi connectivity index (χ2v) is 7.41. The summed E-state index contributed by atoms with van der Waals surface area (Å²) in [6.45, 7) is 8.64. The minimum absolute atomic E-state index is 0.0826. The number of rotatable bonds is 6. The van der Waals surface area contributed by atoms with Gasteiger partial charge in [-0.1, -0.05) is 6.07 Å². The summed E-state index contributed by atoms with van der Waals surface area (Å²) in [5.74, 6) is 2.36. The summed E-state index contributed by atoms with van der Waals surface area (Å²) >= 11 is 1.70. The molecule has 0 spiro atoms. The highest BCUT2D eigenvalue weighted by Crippen LogP contribution is 2.42. The van der Waals surface area contributed by atoms with Crippen LogP contribution in [0.4, 0.5) is 0 Å². The van der Waals surface area contributed by atoms with Crippen LogP contribution >= 0.6 is 11.8 Å². The molecule has 3 rings (SSSR count). The van der Waals surface area contributed by atoms with Crippen LogP contribution in [0.15, 0.2) is 18.2 Å². The second kappa shape index (κ2) is 6.61. The number of quaternary nitrogens is 1. The van der Waals surface area contributed by atoms with Crippen molar-refractivity contribution in [2.75, 3.05) is 45.8 Å². The third-order valence-corrected chi connectivity index (χ3v) is 6.31. The van der Waals surface area contributed by atoms with Crippen molar-refractivity contribution < 1.29 is 18.8 Å². The predicted molar refractivity (Wildman–Crippen MR) is 91.6 cm³/mol. The molecule has 2 aliphatic heterocycles. The number of thioether (sulfide) groups is 1. The van der Waals surface area contributed by atoms with Crippen molar-refractivity contribution in [2.24, 2.45) is 0 Å². The molecule has 0 saturated carbocycles. The van der Waals surface area contributed by atoms with Gasteiger partial charge in [-0.15, -0.1) is 11.8 Å². The number of hydrogen-bond donors (Lipinski definition) is 0. The fourth-order valence-electron chi connectivity index (χ4n) is 2.93. The van der Waals surface area contributed by atoms with E-state index in [0.29, 0.717) is 5.75 Å². The van der Waals surface area contributed by atoms with Crippen LogP contribution in [0.3, 0.4) is 0 Å². The molecule has 6 heteroatoms. The maximum Gasteiger partial charge on any atom is 0.234 e. The molecule has 5 nitrogen and oxygen atoms in total. The van der Waals surface area contributed by atoms with Gasteiger partial charge >= 0.3 is 0 Å². The predicted octanol–water partition coefficient (Wildman–Crippen LogP) is 2.48. The highest BCUT2D eigenvalue weighted by molar-refractivity contribution is 8.00. The van der Waals surface area contributed by atoms with Gasteiger partial charge in [-0.25, -0.2) is 0 Å². The summed E-state index contributed by atoms with van der Waals surface area (Å²) in [5.41, 5.74) is 1.12.